The summed E-state index contributed by atoms with van der Waals surface area (Å²) in [6, 6.07) is 3.01. The summed E-state index contributed by atoms with van der Waals surface area (Å²) in [5.41, 5.74) is 0.445. The van der Waals surface area contributed by atoms with Crippen LogP contribution in [0.3, 0.4) is 0 Å². The van der Waals surface area contributed by atoms with E-state index < -0.39 is 0 Å². The van der Waals surface area contributed by atoms with E-state index in [1.54, 1.807) is 6.07 Å². The second kappa shape index (κ2) is 5.14. The van der Waals surface area contributed by atoms with Gasteiger partial charge in [0.1, 0.15) is 9.76 Å². The Balaban J connectivity index is 2.09. The van der Waals surface area contributed by atoms with Crippen molar-refractivity contribution >= 4 is 55.4 Å². The molecule has 0 bridgehead atoms. The summed E-state index contributed by atoms with van der Waals surface area (Å²) < 4.78 is 3.76. The van der Waals surface area contributed by atoms with Crippen molar-refractivity contribution in [3.05, 3.63) is 48.0 Å². The van der Waals surface area contributed by atoms with Gasteiger partial charge in [0.15, 0.2) is 10.1 Å². The van der Waals surface area contributed by atoms with Crippen molar-refractivity contribution in [3.63, 3.8) is 0 Å². The van der Waals surface area contributed by atoms with Gasteiger partial charge >= 0.3 is 0 Å². The van der Waals surface area contributed by atoms with Crippen molar-refractivity contribution in [2.45, 2.75) is 13.5 Å². The molecule has 0 fully saturated rings. The number of aromatic nitrogens is 4. The van der Waals surface area contributed by atoms with Crippen LogP contribution in [-0.2, 0) is 6.54 Å². The fourth-order valence-corrected chi connectivity index (χ4v) is 3.84. The van der Waals surface area contributed by atoms with E-state index in [0.29, 0.717) is 27.5 Å². The second-order valence-electron chi connectivity index (χ2n) is 4.10. The average Bonchev–Trinajstić information content (AvgIpc) is 2.80. The zero-order valence-corrected chi connectivity index (χ0v) is 14.0. The molecular weight excluding hydrogens is 387 g/mol. The van der Waals surface area contributed by atoms with E-state index in [9.17, 15) is 4.79 Å². The molecule has 0 N–H and O–H groups in total. The van der Waals surface area contributed by atoms with E-state index in [1.165, 1.54) is 26.5 Å². The van der Waals surface area contributed by atoms with Crippen molar-refractivity contribution in [2.75, 3.05) is 0 Å². The highest BCUT2D eigenvalue weighted by Crippen LogP contribution is 2.24. The molecule has 104 valence electrons. The largest absolute Gasteiger partial charge is 0.269 e. The van der Waals surface area contributed by atoms with Crippen LogP contribution < -0.4 is 5.56 Å². The van der Waals surface area contributed by atoms with Crippen LogP contribution in [0.15, 0.2) is 21.5 Å². The first-order valence-corrected chi connectivity index (χ1v) is 7.88. The first-order valence-electron chi connectivity index (χ1n) is 5.52. The molecule has 0 spiro atoms. The van der Waals surface area contributed by atoms with Gasteiger partial charge in [-0.1, -0.05) is 23.2 Å². The molecule has 3 aromatic rings. The van der Waals surface area contributed by atoms with E-state index in [-0.39, 0.29) is 5.56 Å². The molecule has 0 saturated carbocycles. The average molecular weight is 394 g/mol. The lowest BCUT2D eigenvalue weighted by molar-refractivity contribution is 0.673. The zero-order chi connectivity index (χ0) is 14.4. The Morgan fingerprint density at radius 2 is 2.15 bits per heavy atom. The second-order valence-corrected chi connectivity index (χ2v) is 6.81. The van der Waals surface area contributed by atoms with Crippen LogP contribution in [0.4, 0.5) is 0 Å². The highest BCUT2D eigenvalue weighted by atomic mass is 79.9. The Hall–Kier alpha value is -0.890. The van der Waals surface area contributed by atoms with Crippen molar-refractivity contribution in [2.24, 2.45) is 0 Å². The minimum Gasteiger partial charge on any atom is -0.269 e. The van der Waals surface area contributed by atoms with Gasteiger partial charge in [-0.15, -0.1) is 11.3 Å². The summed E-state index contributed by atoms with van der Waals surface area (Å²) in [5.74, 6) is 0. The Labute approximate surface area is 135 Å². The molecular formula is C11H7BrCl2N4OS. The maximum Gasteiger partial charge on any atom is 0.259 e. The van der Waals surface area contributed by atoms with Crippen LogP contribution in [0, 0.1) is 6.92 Å². The van der Waals surface area contributed by atoms with Crippen LogP contribution in [0.2, 0.25) is 10.3 Å². The summed E-state index contributed by atoms with van der Waals surface area (Å²) in [7, 11) is 0. The van der Waals surface area contributed by atoms with Gasteiger partial charge < -0.3 is 0 Å². The number of fused-ring (bicyclic) bond motifs is 1. The minimum atomic E-state index is -0.143. The van der Waals surface area contributed by atoms with E-state index in [2.05, 4.69) is 26.0 Å². The quantitative estimate of drug-likeness (QED) is 0.670. The first-order chi connectivity index (χ1) is 9.45. The zero-order valence-electron chi connectivity index (χ0n) is 10.1. The Kier molecular flexibility index (Phi) is 3.62. The summed E-state index contributed by atoms with van der Waals surface area (Å²) in [4.78, 5) is 18.2. The smallest absolute Gasteiger partial charge is 0.259 e. The number of nitrogens with zero attached hydrogens (tertiary/aromatic N) is 4. The summed E-state index contributed by atoms with van der Waals surface area (Å²) in [5, 5.41) is 4.74. The lowest BCUT2D eigenvalue weighted by atomic mass is 10.4. The third kappa shape index (κ3) is 2.39. The summed E-state index contributed by atoms with van der Waals surface area (Å²) in [6.07, 6.45) is 0. The predicted molar refractivity (Wildman–Crippen MR) is 83.1 cm³/mol. The predicted octanol–water partition coefficient (Wildman–Crippen LogP) is 3.38. The van der Waals surface area contributed by atoms with Crippen LogP contribution in [0.1, 0.15) is 10.6 Å². The van der Waals surface area contributed by atoms with Crippen LogP contribution >= 0.6 is 50.5 Å². The standard InChI is InChI=1S/C11H7BrCl2N4OS/c1-5-10(12)18-9(19)2-6(15-11(18)20-5)4-17-8(14)3-7(13)16-17/h2-3H,4H2,1H3. The number of hydrogen-bond acceptors (Lipinski definition) is 4. The van der Waals surface area contributed by atoms with Gasteiger partial charge in [-0.25, -0.2) is 14.1 Å². The van der Waals surface area contributed by atoms with Crippen molar-refractivity contribution in [1.29, 1.82) is 0 Å². The molecule has 0 aliphatic heterocycles. The van der Waals surface area contributed by atoms with E-state index in [0.717, 1.165) is 9.48 Å². The highest BCUT2D eigenvalue weighted by Gasteiger charge is 2.12. The molecule has 0 unspecified atom stereocenters. The third-order valence-corrected chi connectivity index (χ3v) is 5.34. The van der Waals surface area contributed by atoms with Crippen molar-refractivity contribution < 1.29 is 0 Å². The molecule has 5 nitrogen and oxygen atoms in total. The molecule has 0 radical (unpaired) electrons. The Bertz CT molecular complexity index is 869. The third-order valence-electron chi connectivity index (χ3n) is 2.69. The van der Waals surface area contributed by atoms with Crippen molar-refractivity contribution in [3.8, 4) is 0 Å². The SMILES string of the molecule is Cc1sc2nc(Cn3nc(Cl)cc3Cl)cc(=O)n2c1Br. The molecule has 0 saturated heterocycles. The lowest BCUT2D eigenvalue weighted by Crippen LogP contribution is -2.16. The molecule has 0 atom stereocenters. The van der Waals surface area contributed by atoms with Gasteiger partial charge in [0, 0.05) is 17.0 Å². The van der Waals surface area contributed by atoms with E-state index >= 15 is 0 Å². The normalized spacial score (nSPS) is 11.4. The fourth-order valence-electron chi connectivity index (χ4n) is 1.80. The van der Waals surface area contributed by atoms with Crippen LogP contribution in [-0.4, -0.2) is 19.2 Å². The maximum atomic E-state index is 12.1. The van der Waals surface area contributed by atoms with Gasteiger partial charge in [0.25, 0.3) is 5.56 Å². The highest BCUT2D eigenvalue weighted by molar-refractivity contribution is 9.10. The number of aryl methyl sites for hydroxylation is 1. The maximum absolute atomic E-state index is 12.1. The Morgan fingerprint density at radius 1 is 1.40 bits per heavy atom. The molecule has 3 aromatic heterocycles. The number of hydrogen-bond donors (Lipinski definition) is 0. The molecule has 0 amide bonds. The minimum absolute atomic E-state index is 0.143. The van der Waals surface area contributed by atoms with Crippen LogP contribution in [0.25, 0.3) is 4.96 Å². The van der Waals surface area contributed by atoms with E-state index in [1.807, 2.05) is 6.92 Å². The Morgan fingerprint density at radius 3 is 2.80 bits per heavy atom. The lowest BCUT2D eigenvalue weighted by Gasteiger charge is -2.03. The molecule has 3 rings (SSSR count). The number of thiazole rings is 1. The van der Waals surface area contributed by atoms with Gasteiger partial charge in [-0.05, 0) is 22.9 Å². The first kappa shape index (κ1) is 14.1. The number of rotatable bonds is 2. The monoisotopic (exact) mass is 392 g/mol. The van der Waals surface area contributed by atoms with Crippen LogP contribution in [0.5, 0.6) is 0 Å². The summed E-state index contributed by atoms with van der Waals surface area (Å²) in [6.45, 7) is 2.22. The fraction of sp³-hybridized carbons (Fsp3) is 0.182. The topological polar surface area (TPSA) is 52.2 Å². The van der Waals surface area contributed by atoms with Gasteiger partial charge in [-0.3, -0.25) is 4.79 Å². The molecule has 0 aliphatic carbocycles. The van der Waals surface area contributed by atoms with Gasteiger partial charge in [-0.2, -0.15) is 5.10 Å². The van der Waals surface area contributed by atoms with Gasteiger partial charge in [0.05, 0.1) is 12.2 Å². The molecule has 9 heteroatoms. The summed E-state index contributed by atoms with van der Waals surface area (Å²) >= 11 is 16.6. The van der Waals surface area contributed by atoms with E-state index in [4.69, 9.17) is 23.2 Å². The molecule has 0 aromatic carbocycles. The molecule has 3 heterocycles. The van der Waals surface area contributed by atoms with Crippen molar-refractivity contribution in [1.82, 2.24) is 19.2 Å². The number of halogens is 3. The van der Waals surface area contributed by atoms with Gasteiger partial charge in [0.2, 0.25) is 0 Å². The molecule has 20 heavy (non-hydrogen) atoms. The molecule has 0 aliphatic rings.